The monoisotopic (exact) mass is 325 g/mol. The maximum absolute atomic E-state index is 13.3. The molecule has 2 aromatic carbocycles. The number of halogens is 3. The molecule has 0 heterocycles. The Morgan fingerprint density at radius 3 is 2.45 bits per heavy atom. The molecule has 5 heteroatoms. The Balaban J connectivity index is 2.98. The first-order valence-electron chi connectivity index (χ1n) is 13.6. The summed E-state index contributed by atoms with van der Waals surface area (Å²) in [7, 11) is 0. The van der Waals surface area contributed by atoms with E-state index in [9.17, 15) is 13.2 Å². The Morgan fingerprint density at radius 2 is 1.86 bits per heavy atom. The Morgan fingerprint density at radius 1 is 1.18 bits per heavy atom. The van der Waals surface area contributed by atoms with Crippen molar-refractivity contribution < 1.29 is 39.8 Å². The van der Waals surface area contributed by atoms with Crippen LogP contribution in [0, 0.1) is 0 Å². The van der Waals surface area contributed by atoms with Gasteiger partial charge in [0.25, 0.3) is 0 Å². The van der Waals surface area contributed by atoms with Crippen molar-refractivity contribution in [2.24, 2.45) is 0 Å². The van der Waals surface area contributed by atoms with Gasteiger partial charge in [0.1, 0.15) is 11.9 Å². The van der Waals surface area contributed by atoms with Crippen molar-refractivity contribution in [3.05, 3.63) is 65.5 Å². The predicted octanol–water partition coefficient (Wildman–Crippen LogP) is 4.44. The second kappa shape index (κ2) is 7.31. The lowest BCUT2D eigenvalue weighted by Gasteiger charge is -2.20. The van der Waals surface area contributed by atoms with Gasteiger partial charge < -0.3 is 10.1 Å². The van der Waals surface area contributed by atoms with Crippen molar-refractivity contribution >= 4 is 0 Å². The summed E-state index contributed by atoms with van der Waals surface area (Å²) < 4.78 is 170. The fourth-order valence-electron chi connectivity index (χ4n) is 1.27. The van der Waals surface area contributed by atoms with E-state index in [1.165, 1.54) is 5.32 Å². The van der Waals surface area contributed by atoms with Gasteiger partial charge in [-0.3, -0.25) is 0 Å². The number of hydrogen-bond donors (Lipinski definition) is 1. The van der Waals surface area contributed by atoms with E-state index in [0.717, 1.165) is 0 Å². The minimum Gasteiger partial charge on any atom is -0.486 e. The molecule has 118 valence electrons. The maximum atomic E-state index is 13.3. The minimum absolute atomic E-state index is 0.967. The van der Waals surface area contributed by atoms with Gasteiger partial charge in [0.15, 0.2) is 0 Å². The van der Waals surface area contributed by atoms with E-state index in [4.69, 9.17) is 26.7 Å². The largest absolute Gasteiger partial charge is 0.486 e. The predicted molar refractivity (Wildman–Crippen MR) is 79.8 cm³/mol. The molecule has 0 aliphatic carbocycles. The van der Waals surface area contributed by atoms with Crippen LogP contribution in [0.1, 0.15) is 45.5 Å². The van der Waals surface area contributed by atoms with E-state index in [1.54, 1.807) is 0 Å². The van der Waals surface area contributed by atoms with Crippen LogP contribution in [0.5, 0.6) is 5.75 Å². The molecular weight excluding hydrogens is 291 g/mol. The molecule has 0 saturated heterocycles. The quantitative estimate of drug-likeness (QED) is 0.848. The highest BCUT2D eigenvalue weighted by Gasteiger charge is 2.30. The summed E-state index contributed by atoms with van der Waals surface area (Å²) in [5.41, 5.74) is -3.13. The Hall–Kier alpha value is -2.01. The second-order valence-corrected chi connectivity index (χ2v) is 3.63. The number of benzene rings is 2. The SMILES string of the molecule is [2H]c1c([2H])c([2H])c(C(Oc2c([2H])c([2H])c(C(F)(F)F)c([2H])c2[2H])C([2H])([2H])C([2H])([2H])NC([2H])([2H])[2H])c([2H])c1[2H]. The van der Waals surface area contributed by atoms with Gasteiger partial charge in [-0.1, -0.05) is 30.2 Å². The van der Waals surface area contributed by atoms with Gasteiger partial charge in [0.2, 0.25) is 0 Å². The van der Waals surface area contributed by atoms with Gasteiger partial charge in [-0.25, -0.2) is 0 Å². The van der Waals surface area contributed by atoms with Gasteiger partial charge in [0, 0.05) is 16.0 Å². The molecule has 2 aromatic rings. The molecule has 0 aliphatic rings. The van der Waals surface area contributed by atoms with Crippen LogP contribution in [0.3, 0.4) is 0 Å². The fourth-order valence-corrected chi connectivity index (χ4v) is 1.27. The van der Waals surface area contributed by atoms with Crippen molar-refractivity contribution in [1.29, 1.82) is 0 Å². The summed E-state index contributed by atoms with van der Waals surface area (Å²) in [5, 5.41) is 1.34. The Bertz CT molecular complexity index is 1200. The first-order valence-corrected chi connectivity index (χ1v) is 5.58. The first kappa shape index (κ1) is 5.27. The lowest BCUT2D eigenvalue weighted by Crippen LogP contribution is -2.16. The molecule has 2 rings (SSSR count). The van der Waals surface area contributed by atoms with Gasteiger partial charge in [-0.05, 0) is 43.2 Å². The third kappa shape index (κ3) is 4.49. The molecule has 0 saturated carbocycles. The Labute approximate surface area is 150 Å². The number of ether oxygens (including phenoxy) is 1. The summed E-state index contributed by atoms with van der Waals surface area (Å²) >= 11 is 0. The molecule has 2 nitrogen and oxygen atoms in total. The molecule has 1 N–H and O–H groups in total. The fraction of sp³-hybridized carbons (Fsp3) is 0.294. The number of alkyl halides is 3. The molecule has 0 spiro atoms. The van der Waals surface area contributed by atoms with Crippen LogP contribution in [0.2, 0.25) is 0 Å². The summed E-state index contributed by atoms with van der Waals surface area (Å²) in [6.07, 6.45) is -11.9. The van der Waals surface area contributed by atoms with Gasteiger partial charge in [-0.15, -0.1) is 0 Å². The molecule has 22 heavy (non-hydrogen) atoms. The summed E-state index contributed by atoms with van der Waals surface area (Å²) in [6, 6.07) is -11.8. The van der Waals surface area contributed by atoms with E-state index >= 15 is 0 Å². The molecule has 0 aromatic heterocycles. The zero-order valence-corrected chi connectivity index (χ0v) is 10.6. The van der Waals surface area contributed by atoms with Gasteiger partial charge >= 0.3 is 6.18 Å². The third-order valence-corrected chi connectivity index (χ3v) is 2.17. The molecule has 1 atom stereocenters. The van der Waals surface area contributed by atoms with Gasteiger partial charge in [-0.2, -0.15) is 13.2 Å². The smallest absolute Gasteiger partial charge is 0.416 e. The van der Waals surface area contributed by atoms with E-state index < -0.39 is 103 Å². The standard InChI is InChI=1S/C17H18F3NO/c1-21-12-11-16(13-5-3-2-4-6-13)22-15-9-7-14(8-10-15)17(18,19)20/h2-10,16,21H,11-12H2,1H3/i1D3,2D,3D,4D,5D,6D,7D,8D,9D,10D,11D2,12D2. The average Bonchev–Trinajstić information content (AvgIpc) is 2.74. The van der Waals surface area contributed by atoms with Crippen LogP contribution < -0.4 is 10.1 Å². The van der Waals surface area contributed by atoms with Crippen LogP contribution >= 0.6 is 0 Å². The summed E-state index contributed by atoms with van der Waals surface area (Å²) in [4.78, 5) is 0. The van der Waals surface area contributed by atoms with Crippen molar-refractivity contribution in [2.75, 3.05) is 13.5 Å². The highest BCUT2D eigenvalue weighted by atomic mass is 19.4. The second-order valence-electron chi connectivity index (χ2n) is 3.63. The minimum atomic E-state index is -5.36. The van der Waals surface area contributed by atoms with E-state index in [2.05, 4.69) is 0 Å². The van der Waals surface area contributed by atoms with Crippen molar-refractivity contribution in [2.45, 2.75) is 18.7 Å². The highest BCUT2D eigenvalue weighted by molar-refractivity contribution is 5.30. The highest BCUT2D eigenvalue weighted by Crippen LogP contribution is 2.31. The molecule has 0 radical (unpaired) electrons. The topological polar surface area (TPSA) is 21.3 Å². The van der Waals surface area contributed by atoms with E-state index in [-0.39, 0.29) is 0 Å². The molecule has 0 amide bonds. The zero-order chi connectivity index (χ0) is 29.9. The number of hydrogen-bond acceptors (Lipinski definition) is 2. The maximum Gasteiger partial charge on any atom is 0.416 e. The van der Waals surface area contributed by atoms with Crippen molar-refractivity contribution in [1.82, 2.24) is 5.32 Å². The average molecular weight is 325 g/mol. The summed E-state index contributed by atoms with van der Waals surface area (Å²) in [5.74, 6) is -1.38. The number of nitrogens with one attached hydrogen (secondary N) is 1. The molecule has 0 bridgehead atoms. The van der Waals surface area contributed by atoms with Crippen LogP contribution in [-0.4, -0.2) is 13.5 Å². The normalized spacial score (nSPS) is 25.2. The van der Waals surface area contributed by atoms with Crippen molar-refractivity contribution in [3.8, 4) is 5.75 Å². The van der Waals surface area contributed by atoms with Crippen LogP contribution in [0.15, 0.2) is 54.4 Å². The molecule has 0 fully saturated rings. The summed E-state index contributed by atoms with van der Waals surface area (Å²) in [6.45, 7) is -7.02. The van der Waals surface area contributed by atoms with E-state index in [1.807, 2.05) is 0 Å². The first-order chi connectivity index (χ1) is 16.9. The zero-order valence-electron chi connectivity index (χ0n) is 26.6. The molecular formula is C17H18F3NO. The van der Waals surface area contributed by atoms with Crippen LogP contribution in [0.4, 0.5) is 13.2 Å². The lowest BCUT2D eigenvalue weighted by atomic mass is 10.1. The van der Waals surface area contributed by atoms with E-state index in [0.29, 0.717) is 0 Å². The Kier molecular flexibility index (Phi) is 1.75. The molecule has 1 unspecified atom stereocenters. The third-order valence-electron chi connectivity index (χ3n) is 2.17. The van der Waals surface area contributed by atoms with Crippen LogP contribution in [-0.2, 0) is 6.18 Å². The van der Waals surface area contributed by atoms with Crippen molar-refractivity contribution in [3.63, 3.8) is 0 Å². The van der Waals surface area contributed by atoms with Crippen LogP contribution in [0.25, 0.3) is 0 Å². The van der Waals surface area contributed by atoms with Gasteiger partial charge in [0.05, 0.1) is 17.9 Å². The number of rotatable bonds is 6. The lowest BCUT2D eigenvalue weighted by molar-refractivity contribution is -0.137. The molecule has 0 aliphatic heterocycles.